The number of amides is 1. The lowest BCUT2D eigenvalue weighted by Crippen LogP contribution is -2.37. The minimum atomic E-state index is -0.977. The zero-order valence-electron chi connectivity index (χ0n) is 21.6. The van der Waals surface area contributed by atoms with Gasteiger partial charge in [0, 0.05) is 19.6 Å². The number of carboxylic acid groups (broad SMARTS) is 1. The van der Waals surface area contributed by atoms with Gasteiger partial charge in [-0.1, -0.05) is 68.0 Å². The van der Waals surface area contributed by atoms with Crippen LogP contribution in [-0.4, -0.2) is 54.5 Å². The first-order chi connectivity index (χ1) is 18.0. The molecule has 0 spiro atoms. The Bertz CT molecular complexity index is 977. The van der Waals surface area contributed by atoms with E-state index in [9.17, 15) is 14.7 Å². The van der Waals surface area contributed by atoms with Crippen molar-refractivity contribution >= 4 is 23.7 Å². The molecule has 1 unspecified atom stereocenters. The van der Waals surface area contributed by atoms with E-state index < -0.39 is 18.2 Å². The van der Waals surface area contributed by atoms with Gasteiger partial charge in [0.25, 0.3) is 0 Å². The third kappa shape index (κ3) is 9.90. The van der Waals surface area contributed by atoms with Crippen molar-refractivity contribution in [1.29, 1.82) is 0 Å². The lowest BCUT2D eigenvalue weighted by Gasteiger charge is -2.25. The van der Waals surface area contributed by atoms with Gasteiger partial charge >= 0.3 is 12.1 Å². The van der Waals surface area contributed by atoms with Gasteiger partial charge in [-0.05, 0) is 55.5 Å². The standard InChI is InChI=1S/C29H38ClNO6/c1-2-35-27(28(32)33)21-23-14-16-24(17-15-23)36-20-19-31(18-8-11-22-9-4-3-5-10-22)29(34)37-26-13-7-6-12-25(26)30/h6-7,12-17,22,27H,2-5,8-11,18-21H2,1H3,(H,32,33). The Hall–Kier alpha value is -2.77. The van der Waals surface area contributed by atoms with Crippen LogP contribution in [0.25, 0.3) is 0 Å². The molecule has 0 aromatic heterocycles. The summed E-state index contributed by atoms with van der Waals surface area (Å²) in [6, 6.07) is 14.2. The van der Waals surface area contributed by atoms with E-state index in [2.05, 4.69) is 0 Å². The van der Waals surface area contributed by atoms with Crippen LogP contribution in [0.1, 0.15) is 57.4 Å². The Morgan fingerprint density at radius 1 is 1.05 bits per heavy atom. The molecule has 1 aliphatic carbocycles. The molecule has 3 rings (SSSR count). The Morgan fingerprint density at radius 3 is 2.46 bits per heavy atom. The van der Waals surface area contributed by atoms with Crippen molar-refractivity contribution in [2.75, 3.05) is 26.3 Å². The maximum Gasteiger partial charge on any atom is 0.415 e. The molecule has 37 heavy (non-hydrogen) atoms. The molecule has 0 aliphatic heterocycles. The van der Waals surface area contributed by atoms with Gasteiger partial charge in [0.05, 0.1) is 11.6 Å². The molecule has 7 nitrogen and oxygen atoms in total. The van der Waals surface area contributed by atoms with E-state index in [1.807, 2.05) is 12.1 Å². The quantitative estimate of drug-likeness (QED) is 0.295. The number of halogens is 1. The molecule has 0 heterocycles. The second-order valence-electron chi connectivity index (χ2n) is 9.41. The van der Waals surface area contributed by atoms with E-state index in [1.165, 1.54) is 32.1 Å². The minimum absolute atomic E-state index is 0.284. The molecule has 1 fully saturated rings. The van der Waals surface area contributed by atoms with Gasteiger partial charge in [0.2, 0.25) is 0 Å². The molecule has 1 saturated carbocycles. The Labute approximate surface area is 224 Å². The molecule has 0 bridgehead atoms. The number of carbonyl (C=O) groups is 2. The number of hydrogen-bond donors (Lipinski definition) is 1. The average molecular weight is 532 g/mol. The van der Waals surface area contributed by atoms with Crippen molar-refractivity contribution in [3.05, 3.63) is 59.1 Å². The number of rotatable bonds is 14. The summed E-state index contributed by atoms with van der Waals surface area (Å²) < 4.78 is 16.8. The lowest BCUT2D eigenvalue weighted by atomic mass is 9.86. The maximum atomic E-state index is 13.0. The molecule has 0 radical (unpaired) electrons. The third-order valence-electron chi connectivity index (χ3n) is 6.67. The summed E-state index contributed by atoms with van der Waals surface area (Å²) in [7, 11) is 0. The number of nitrogens with zero attached hydrogens (tertiary/aromatic N) is 1. The monoisotopic (exact) mass is 531 g/mol. The number of hydrogen-bond acceptors (Lipinski definition) is 5. The van der Waals surface area contributed by atoms with Crippen molar-refractivity contribution in [3.63, 3.8) is 0 Å². The summed E-state index contributed by atoms with van der Waals surface area (Å²) in [6.45, 7) is 3.39. The van der Waals surface area contributed by atoms with Crippen molar-refractivity contribution < 1.29 is 28.9 Å². The molecule has 1 N–H and O–H groups in total. The van der Waals surface area contributed by atoms with Gasteiger partial charge in [-0.3, -0.25) is 0 Å². The number of carboxylic acids is 1. The summed E-state index contributed by atoms with van der Waals surface area (Å²) in [5.41, 5.74) is 0.848. The zero-order valence-corrected chi connectivity index (χ0v) is 22.3. The summed E-state index contributed by atoms with van der Waals surface area (Å²) in [4.78, 5) is 26.0. The van der Waals surface area contributed by atoms with Crippen LogP contribution in [0, 0.1) is 5.92 Å². The van der Waals surface area contributed by atoms with Crippen LogP contribution in [0.5, 0.6) is 11.5 Å². The fourth-order valence-electron chi connectivity index (χ4n) is 4.66. The van der Waals surface area contributed by atoms with Crippen LogP contribution in [0.15, 0.2) is 48.5 Å². The van der Waals surface area contributed by atoms with Gasteiger partial charge in [-0.15, -0.1) is 0 Å². The first kappa shape index (κ1) is 28.8. The number of benzene rings is 2. The summed E-state index contributed by atoms with van der Waals surface area (Å²) >= 11 is 6.18. The van der Waals surface area contributed by atoms with Crippen LogP contribution in [0.2, 0.25) is 5.02 Å². The lowest BCUT2D eigenvalue weighted by molar-refractivity contribution is -0.149. The van der Waals surface area contributed by atoms with Crippen LogP contribution < -0.4 is 9.47 Å². The number of para-hydroxylation sites is 1. The Kier molecular flexibility index (Phi) is 12.0. The third-order valence-corrected chi connectivity index (χ3v) is 6.99. The van der Waals surface area contributed by atoms with Crippen LogP contribution >= 0.6 is 11.6 Å². The van der Waals surface area contributed by atoms with Crippen LogP contribution in [-0.2, 0) is 16.0 Å². The first-order valence-electron chi connectivity index (χ1n) is 13.2. The first-order valence-corrected chi connectivity index (χ1v) is 13.6. The molecule has 1 amide bonds. The van der Waals surface area contributed by atoms with Crippen LogP contribution in [0.4, 0.5) is 4.79 Å². The molecular weight excluding hydrogens is 494 g/mol. The molecule has 0 saturated heterocycles. The molecule has 2 aromatic rings. The molecular formula is C29H38ClNO6. The van der Waals surface area contributed by atoms with Gasteiger partial charge in [0.1, 0.15) is 12.4 Å². The van der Waals surface area contributed by atoms with E-state index in [-0.39, 0.29) is 6.42 Å². The highest BCUT2D eigenvalue weighted by Crippen LogP contribution is 2.28. The maximum absolute atomic E-state index is 13.0. The number of carbonyl (C=O) groups excluding carboxylic acids is 1. The largest absolute Gasteiger partial charge is 0.492 e. The molecule has 202 valence electrons. The van der Waals surface area contributed by atoms with Crippen molar-refractivity contribution in [2.24, 2.45) is 5.92 Å². The van der Waals surface area contributed by atoms with Gasteiger partial charge in [-0.25, -0.2) is 9.59 Å². The molecule has 2 aromatic carbocycles. The SMILES string of the molecule is CCOC(Cc1ccc(OCCN(CCCC2CCCCC2)C(=O)Oc2ccccc2Cl)cc1)C(=O)O. The topological polar surface area (TPSA) is 85.3 Å². The van der Waals surface area contributed by atoms with Gasteiger partial charge in [-0.2, -0.15) is 0 Å². The highest BCUT2D eigenvalue weighted by Gasteiger charge is 2.20. The average Bonchev–Trinajstić information content (AvgIpc) is 2.90. The predicted octanol–water partition coefficient (Wildman–Crippen LogP) is 6.61. The Morgan fingerprint density at radius 2 is 1.78 bits per heavy atom. The fourth-order valence-corrected chi connectivity index (χ4v) is 4.83. The van der Waals surface area contributed by atoms with E-state index in [0.717, 1.165) is 24.3 Å². The predicted molar refractivity (Wildman–Crippen MR) is 144 cm³/mol. The van der Waals surface area contributed by atoms with Gasteiger partial charge < -0.3 is 24.2 Å². The number of ether oxygens (including phenoxy) is 3. The normalized spacial score (nSPS) is 14.6. The highest BCUT2D eigenvalue weighted by molar-refractivity contribution is 6.32. The Balaban J connectivity index is 1.53. The van der Waals surface area contributed by atoms with Crippen molar-refractivity contribution in [2.45, 2.75) is 64.4 Å². The van der Waals surface area contributed by atoms with E-state index in [0.29, 0.717) is 42.8 Å². The summed E-state index contributed by atoms with van der Waals surface area (Å²) in [5.74, 6) is 0.756. The molecule has 8 heteroatoms. The summed E-state index contributed by atoms with van der Waals surface area (Å²) in [5, 5.41) is 9.67. The molecule has 1 atom stereocenters. The molecule has 1 aliphatic rings. The van der Waals surface area contributed by atoms with Crippen molar-refractivity contribution in [3.8, 4) is 11.5 Å². The smallest absolute Gasteiger partial charge is 0.415 e. The second-order valence-corrected chi connectivity index (χ2v) is 9.82. The zero-order chi connectivity index (χ0) is 26.5. The second kappa shape index (κ2) is 15.5. The number of aliphatic carboxylic acids is 1. The highest BCUT2D eigenvalue weighted by atomic mass is 35.5. The van der Waals surface area contributed by atoms with E-state index >= 15 is 0 Å². The fraction of sp³-hybridized carbons (Fsp3) is 0.517. The minimum Gasteiger partial charge on any atom is -0.492 e. The van der Waals surface area contributed by atoms with E-state index in [4.69, 9.17) is 25.8 Å². The van der Waals surface area contributed by atoms with Gasteiger partial charge in [0.15, 0.2) is 11.9 Å². The van der Waals surface area contributed by atoms with Crippen LogP contribution in [0.3, 0.4) is 0 Å². The van der Waals surface area contributed by atoms with Crippen molar-refractivity contribution in [1.82, 2.24) is 4.90 Å². The summed E-state index contributed by atoms with van der Waals surface area (Å²) in [6.07, 6.45) is 7.50. The van der Waals surface area contributed by atoms with E-state index in [1.54, 1.807) is 48.2 Å².